The van der Waals surface area contributed by atoms with Crippen LogP contribution in [0.25, 0.3) is 0 Å². The average Bonchev–Trinajstić information content (AvgIpc) is 2.45. The third-order valence-corrected chi connectivity index (χ3v) is 3.71. The number of amides is 1. The van der Waals surface area contributed by atoms with Crippen LogP contribution in [0.15, 0.2) is 30.3 Å². The van der Waals surface area contributed by atoms with Crippen LogP contribution in [0.1, 0.15) is 24.8 Å². The van der Waals surface area contributed by atoms with Gasteiger partial charge < -0.3 is 15.3 Å². The van der Waals surface area contributed by atoms with E-state index in [9.17, 15) is 4.79 Å². The standard InChI is InChI=1S/C15H22N2O2/c1-12(19)17-10-14(13-5-3-2-4-6-13)9-15(11-17)16-7-8-18/h2-6,14-16,18H,7-11H2,1H3. The second-order valence-corrected chi connectivity index (χ2v) is 5.14. The van der Waals surface area contributed by atoms with Gasteiger partial charge in [-0.3, -0.25) is 4.79 Å². The number of carbonyl (C=O) groups is 1. The highest BCUT2D eigenvalue weighted by atomic mass is 16.3. The number of piperidine rings is 1. The van der Waals surface area contributed by atoms with E-state index in [1.165, 1.54) is 5.56 Å². The van der Waals surface area contributed by atoms with Gasteiger partial charge in [0.2, 0.25) is 5.91 Å². The fourth-order valence-corrected chi connectivity index (χ4v) is 2.74. The fraction of sp³-hybridized carbons (Fsp3) is 0.533. The number of likely N-dealkylation sites (tertiary alicyclic amines) is 1. The lowest BCUT2D eigenvalue weighted by Crippen LogP contribution is -2.50. The van der Waals surface area contributed by atoms with Gasteiger partial charge in [-0.15, -0.1) is 0 Å². The van der Waals surface area contributed by atoms with E-state index in [-0.39, 0.29) is 18.6 Å². The van der Waals surface area contributed by atoms with Gasteiger partial charge >= 0.3 is 0 Å². The third kappa shape index (κ3) is 3.78. The summed E-state index contributed by atoms with van der Waals surface area (Å²) in [6.45, 7) is 3.86. The molecule has 19 heavy (non-hydrogen) atoms. The van der Waals surface area contributed by atoms with Crippen LogP contribution >= 0.6 is 0 Å². The highest BCUT2D eigenvalue weighted by molar-refractivity contribution is 5.73. The Balaban J connectivity index is 2.08. The maximum Gasteiger partial charge on any atom is 0.219 e. The minimum Gasteiger partial charge on any atom is -0.395 e. The van der Waals surface area contributed by atoms with Gasteiger partial charge in [-0.25, -0.2) is 0 Å². The van der Waals surface area contributed by atoms with E-state index in [1.807, 2.05) is 23.1 Å². The van der Waals surface area contributed by atoms with Gasteiger partial charge in [0.1, 0.15) is 0 Å². The number of carbonyl (C=O) groups excluding carboxylic acids is 1. The molecule has 0 radical (unpaired) electrons. The molecule has 1 amide bonds. The highest BCUT2D eigenvalue weighted by Crippen LogP contribution is 2.27. The summed E-state index contributed by atoms with van der Waals surface area (Å²) in [5.41, 5.74) is 1.28. The number of nitrogens with one attached hydrogen (secondary N) is 1. The number of benzene rings is 1. The maximum atomic E-state index is 11.6. The van der Waals surface area contributed by atoms with Crippen LogP contribution < -0.4 is 5.32 Å². The predicted octanol–water partition coefficient (Wildman–Crippen LogP) is 0.973. The molecule has 0 spiro atoms. The molecule has 1 heterocycles. The van der Waals surface area contributed by atoms with Crippen molar-refractivity contribution in [3.63, 3.8) is 0 Å². The lowest BCUT2D eigenvalue weighted by atomic mass is 9.88. The molecule has 1 aromatic rings. The van der Waals surface area contributed by atoms with Crippen molar-refractivity contribution in [3.05, 3.63) is 35.9 Å². The predicted molar refractivity (Wildman–Crippen MR) is 74.9 cm³/mol. The van der Waals surface area contributed by atoms with E-state index in [2.05, 4.69) is 17.4 Å². The van der Waals surface area contributed by atoms with Crippen LogP contribution in [0.5, 0.6) is 0 Å². The number of hydrogen-bond donors (Lipinski definition) is 2. The molecule has 0 bridgehead atoms. The highest BCUT2D eigenvalue weighted by Gasteiger charge is 2.28. The SMILES string of the molecule is CC(=O)N1CC(NCCO)CC(c2ccccc2)C1. The van der Waals surface area contributed by atoms with Crippen molar-refractivity contribution in [2.24, 2.45) is 0 Å². The van der Waals surface area contributed by atoms with E-state index in [0.717, 1.165) is 19.5 Å². The second-order valence-electron chi connectivity index (χ2n) is 5.14. The normalized spacial score (nSPS) is 23.4. The zero-order valence-corrected chi connectivity index (χ0v) is 11.4. The van der Waals surface area contributed by atoms with Gasteiger partial charge in [0.15, 0.2) is 0 Å². The van der Waals surface area contributed by atoms with Crippen molar-refractivity contribution < 1.29 is 9.90 Å². The van der Waals surface area contributed by atoms with Crippen LogP contribution in [-0.2, 0) is 4.79 Å². The molecule has 1 aliphatic heterocycles. The van der Waals surface area contributed by atoms with Gasteiger partial charge in [0.05, 0.1) is 6.61 Å². The summed E-state index contributed by atoms with van der Waals surface area (Å²) in [5, 5.41) is 12.2. The zero-order valence-electron chi connectivity index (χ0n) is 11.4. The first-order valence-corrected chi connectivity index (χ1v) is 6.85. The van der Waals surface area contributed by atoms with Crippen molar-refractivity contribution >= 4 is 5.91 Å². The quantitative estimate of drug-likeness (QED) is 0.850. The molecule has 0 aliphatic carbocycles. The Morgan fingerprint density at radius 2 is 2.11 bits per heavy atom. The van der Waals surface area contributed by atoms with E-state index in [1.54, 1.807) is 6.92 Å². The second kappa shape index (κ2) is 6.68. The van der Waals surface area contributed by atoms with E-state index < -0.39 is 0 Å². The molecule has 1 fully saturated rings. The monoisotopic (exact) mass is 262 g/mol. The zero-order chi connectivity index (χ0) is 13.7. The Morgan fingerprint density at radius 1 is 1.37 bits per heavy atom. The Morgan fingerprint density at radius 3 is 2.74 bits per heavy atom. The lowest BCUT2D eigenvalue weighted by molar-refractivity contribution is -0.130. The van der Waals surface area contributed by atoms with Crippen molar-refractivity contribution in [1.82, 2.24) is 10.2 Å². The molecule has 4 nitrogen and oxygen atoms in total. The molecule has 2 atom stereocenters. The smallest absolute Gasteiger partial charge is 0.219 e. The molecular weight excluding hydrogens is 240 g/mol. The molecule has 1 saturated heterocycles. The van der Waals surface area contributed by atoms with Crippen molar-refractivity contribution in [1.29, 1.82) is 0 Å². The molecule has 2 unspecified atom stereocenters. The van der Waals surface area contributed by atoms with Gasteiger partial charge in [0.25, 0.3) is 0 Å². The summed E-state index contributed by atoms with van der Waals surface area (Å²) >= 11 is 0. The Kier molecular flexibility index (Phi) is 4.93. The lowest BCUT2D eigenvalue weighted by Gasteiger charge is -2.38. The summed E-state index contributed by atoms with van der Waals surface area (Å²) in [4.78, 5) is 13.5. The first-order valence-electron chi connectivity index (χ1n) is 6.85. The molecule has 1 aromatic carbocycles. The number of hydrogen-bond acceptors (Lipinski definition) is 3. The molecule has 0 aromatic heterocycles. The van der Waals surface area contributed by atoms with E-state index in [0.29, 0.717) is 12.5 Å². The van der Waals surface area contributed by atoms with Crippen molar-refractivity contribution in [2.75, 3.05) is 26.2 Å². The van der Waals surface area contributed by atoms with Crippen LogP contribution in [0.3, 0.4) is 0 Å². The number of aliphatic hydroxyl groups is 1. The summed E-state index contributed by atoms with van der Waals surface area (Å²) in [6, 6.07) is 10.6. The molecule has 1 aliphatic rings. The molecule has 4 heteroatoms. The first kappa shape index (κ1) is 14.0. The molecule has 2 N–H and O–H groups in total. The average molecular weight is 262 g/mol. The Bertz CT molecular complexity index is 408. The maximum absolute atomic E-state index is 11.6. The van der Waals surface area contributed by atoms with Crippen molar-refractivity contribution in [3.8, 4) is 0 Å². The summed E-state index contributed by atoms with van der Waals surface area (Å²) in [7, 11) is 0. The topological polar surface area (TPSA) is 52.6 Å². The van der Waals surface area contributed by atoms with Crippen LogP contribution in [0, 0.1) is 0 Å². The summed E-state index contributed by atoms with van der Waals surface area (Å²) < 4.78 is 0. The fourth-order valence-electron chi connectivity index (χ4n) is 2.74. The molecule has 104 valence electrons. The van der Waals surface area contributed by atoms with Gasteiger partial charge in [-0.1, -0.05) is 30.3 Å². The Labute approximate surface area is 114 Å². The van der Waals surface area contributed by atoms with E-state index in [4.69, 9.17) is 5.11 Å². The van der Waals surface area contributed by atoms with Crippen LogP contribution in [0.2, 0.25) is 0 Å². The van der Waals surface area contributed by atoms with Gasteiger partial charge in [-0.05, 0) is 12.0 Å². The minimum atomic E-state index is 0.122. The van der Waals surface area contributed by atoms with Crippen LogP contribution in [-0.4, -0.2) is 48.2 Å². The molecule has 2 rings (SSSR count). The largest absolute Gasteiger partial charge is 0.395 e. The number of rotatable bonds is 4. The van der Waals surface area contributed by atoms with Crippen LogP contribution in [0.4, 0.5) is 0 Å². The summed E-state index contributed by atoms with van der Waals surface area (Å²) in [6.07, 6.45) is 1.01. The van der Waals surface area contributed by atoms with E-state index >= 15 is 0 Å². The van der Waals surface area contributed by atoms with Crippen molar-refractivity contribution in [2.45, 2.75) is 25.3 Å². The molecule has 0 saturated carbocycles. The summed E-state index contributed by atoms with van der Waals surface area (Å²) in [5.74, 6) is 0.492. The number of aliphatic hydroxyl groups excluding tert-OH is 1. The molecular formula is C15H22N2O2. The Hall–Kier alpha value is -1.39. The van der Waals surface area contributed by atoms with Gasteiger partial charge in [-0.2, -0.15) is 0 Å². The third-order valence-electron chi connectivity index (χ3n) is 3.71. The van der Waals surface area contributed by atoms with Gasteiger partial charge in [0, 0.05) is 38.5 Å². The first-order chi connectivity index (χ1) is 9.20. The minimum absolute atomic E-state index is 0.122. The number of nitrogens with zero attached hydrogens (tertiary/aromatic N) is 1.